The van der Waals surface area contributed by atoms with Crippen molar-refractivity contribution in [1.82, 2.24) is 4.90 Å². The fourth-order valence-electron chi connectivity index (χ4n) is 4.10. The molecule has 0 saturated carbocycles. The Morgan fingerprint density at radius 2 is 2.00 bits per heavy atom. The molecule has 3 heterocycles. The molecule has 26 heavy (non-hydrogen) atoms. The van der Waals surface area contributed by atoms with Crippen molar-refractivity contribution in [2.75, 3.05) is 13.1 Å². The monoisotopic (exact) mass is 353 g/mol. The van der Waals surface area contributed by atoms with E-state index in [-0.39, 0.29) is 17.3 Å². The zero-order valence-corrected chi connectivity index (χ0v) is 15.1. The van der Waals surface area contributed by atoms with Crippen molar-refractivity contribution in [3.8, 4) is 11.5 Å². The van der Waals surface area contributed by atoms with Gasteiger partial charge in [-0.1, -0.05) is 13.8 Å². The van der Waals surface area contributed by atoms with E-state index in [0.29, 0.717) is 41.0 Å². The molecule has 0 bridgehead atoms. The van der Waals surface area contributed by atoms with Gasteiger partial charge >= 0.3 is 0 Å². The number of fused-ring (bicyclic) bond motifs is 1. The predicted octanol–water partition coefficient (Wildman–Crippen LogP) is 4.08. The fourth-order valence-corrected chi connectivity index (χ4v) is 4.10. The van der Waals surface area contributed by atoms with Crippen LogP contribution in [0.25, 0.3) is 6.08 Å². The lowest BCUT2D eigenvalue weighted by Crippen LogP contribution is -2.38. The fraction of sp³-hybridized carbons (Fsp3) is 0.381. The Balaban J connectivity index is 1.64. The Labute approximate surface area is 152 Å². The van der Waals surface area contributed by atoms with Gasteiger partial charge in [0.25, 0.3) is 0 Å². The molecule has 0 amide bonds. The summed E-state index contributed by atoms with van der Waals surface area (Å²) in [4.78, 5) is 15.0. The van der Waals surface area contributed by atoms with Crippen LogP contribution in [0.1, 0.15) is 41.9 Å². The average molecular weight is 353 g/mol. The van der Waals surface area contributed by atoms with Crippen LogP contribution in [0.3, 0.4) is 0 Å². The van der Waals surface area contributed by atoms with Crippen LogP contribution in [-0.4, -0.2) is 28.9 Å². The van der Waals surface area contributed by atoms with E-state index in [1.165, 1.54) is 6.42 Å². The summed E-state index contributed by atoms with van der Waals surface area (Å²) in [7, 11) is 0. The number of aromatic hydroxyl groups is 1. The van der Waals surface area contributed by atoms with Gasteiger partial charge in [0.2, 0.25) is 5.78 Å². The Kier molecular flexibility index (Phi) is 4.32. The van der Waals surface area contributed by atoms with Crippen LogP contribution in [0, 0.1) is 11.8 Å². The number of carbonyl (C=O) groups excluding carboxylic acids is 1. The van der Waals surface area contributed by atoms with Crippen LogP contribution in [0.2, 0.25) is 0 Å². The maximum atomic E-state index is 12.7. The first kappa shape index (κ1) is 16.9. The minimum atomic E-state index is -0.182. The number of Topliss-reactive ketones (excluding diaryl/α,β-unsaturated/α-hetero) is 1. The van der Waals surface area contributed by atoms with Crippen molar-refractivity contribution < 1.29 is 19.1 Å². The molecule has 1 saturated heterocycles. The topological polar surface area (TPSA) is 62.9 Å². The van der Waals surface area contributed by atoms with Crippen LogP contribution in [0.15, 0.2) is 40.7 Å². The zero-order chi connectivity index (χ0) is 18.3. The molecule has 5 nitrogen and oxygen atoms in total. The Bertz CT molecular complexity index is 843. The van der Waals surface area contributed by atoms with E-state index in [1.54, 1.807) is 36.6 Å². The van der Waals surface area contributed by atoms with Gasteiger partial charge in [0.15, 0.2) is 5.76 Å². The Morgan fingerprint density at radius 1 is 1.23 bits per heavy atom. The van der Waals surface area contributed by atoms with E-state index >= 15 is 0 Å². The molecule has 2 aliphatic rings. The third-order valence-corrected chi connectivity index (χ3v) is 5.06. The average Bonchev–Trinajstić information content (AvgIpc) is 3.19. The van der Waals surface area contributed by atoms with E-state index in [0.717, 1.165) is 13.1 Å². The summed E-state index contributed by atoms with van der Waals surface area (Å²) in [5.41, 5.74) is 1.17. The molecular formula is C21H23NO4. The van der Waals surface area contributed by atoms with Crippen molar-refractivity contribution in [3.63, 3.8) is 0 Å². The first-order valence-corrected chi connectivity index (χ1v) is 9.06. The first-order valence-electron chi connectivity index (χ1n) is 9.06. The van der Waals surface area contributed by atoms with Crippen LogP contribution < -0.4 is 4.74 Å². The SMILES string of the molecule is C[C@H]1C[C@H](C)CN(Cc2c(O)ccc3c2OC(=Cc2ccco2)C3=O)C1. The first-order chi connectivity index (χ1) is 12.5. The lowest BCUT2D eigenvalue weighted by Gasteiger charge is -2.35. The largest absolute Gasteiger partial charge is 0.507 e. The van der Waals surface area contributed by atoms with Gasteiger partial charge in [-0.2, -0.15) is 0 Å². The molecule has 5 heteroatoms. The highest BCUT2D eigenvalue weighted by Crippen LogP contribution is 2.40. The molecule has 1 N–H and O–H groups in total. The van der Waals surface area contributed by atoms with Gasteiger partial charge in [-0.25, -0.2) is 0 Å². The summed E-state index contributed by atoms with van der Waals surface area (Å²) in [6, 6.07) is 6.74. The summed E-state index contributed by atoms with van der Waals surface area (Å²) in [6.07, 6.45) is 4.36. The van der Waals surface area contributed by atoms with E-state index in [2.05, 4.69) is 18.7 Å². The number of phenolic OH excluding ortho intramolecular Hbond substituents is 1. The van der Waals surface area contributed by atoms with Crippen molar-refractivity contribution in [2.24, 2.45) is 11.8 Å². The lowest BCUT2D eigenvalue weighted by atomic mass is 9.91. The van der Waals surface area contributed by atoms with E-state index in [9.17, 15) is 9.90 Å². The number of carbonyl (C=O) groups is 1. The maximum Gasteiger partial charge on any atom is 0.232 e. The molecule has 136 valence electrons. The van der Waals surface area contributed by atoms with Crippen LogP contribution in [-0.2, 0) is 6.54 Å². The highest BCUT2D eigenvalue weighted by molar-refractivity contribution is 6.14. The summed E-state index contributed by atoms with van der Waals surface area (Å²) in [5, 5.41) is 10.4. The third kappa shape index (κ3) is 3.15. The minimum Gasteiger partial charge on any atom is -0.507 e. The number of hydrogen-bond donors (Lipinski definition) is 1. The van der Waals surface area contributed by atoms with E-state index in [4.69, 9.17) is 9.15 Å². The minimum absolute atomic E-state index is 0.168. The number of nitrogens with zero attached hydrogens (tertiary/aromatic N) is 1. The molecule has 0 spiro atoms. The van der Waals surface area contributed by atoms with E-state index < -0.39 is 0 Å². The van der Waals surface area contributed by atoms with Crippen molar-refractivity contribution in [1.29, 1.82) is 0 Å². The highest BCUT2D eigenvalue weighted by atomic mass is 16.5. The van der Waals surface area contributed by atoms with E-state index in [1.807, 2.05) is 0 Å². The predicted molar refractivity (Wildman–Crippen MR) is 98.0 cm³/mol. The molecule has 2 atom stereocenters. The number of phenols is 1. The molecule has 4 rings (SSSR count). The molecule has 1 fully saturated rings. The number of hydrogen-bond acceptors (Lipinski definition) is 5. The number of ketones is 1. The second-order valence-electron chi connectivity index (χ2n) is 7.54. The van der Waals surface area contributed by atoms with Gasteiger partial charge in [0.1, 0.15) is 17.3 Å². The number of rotatable bonds is 3. The number of benzene rings is 1. The van der Waals surface area contributed by atoms with Gasteiger partial charge in [0, 0.05) is 25.7 Å². The zero-order valence-electron chi connectivity index (χ0n) is 15.1. The van der Waals surface area contributed by atoms with Crippen LogP contribution in [0.5, 0.6) is 11.5 Å². The number of piperidine rings is 1. The second kappa shape index (κ2) is 6.65. The van der Waals surface area contributed by atoms with Gasteiger partial charge in [-0.05, 0) is 42.5 Å². The molecule has 0 aliphatic carbocycles. The van der Waals surface area contributed by atoms with Crippen molar-refractivity contribution in [2.45, 2.75) is 26.8 Å². The number of allylic oxidation sites excluding steroid dienone is 1. The molecule has 0 unspecified atom stereocenters. The molecule has 2 aromatic rings. The quantitative estimate of drug-likeness (QED) is 0.843. The number of ether oxygens (including phenoxy) is 1. The normalized spacial score (nSPS) is 24.7. The Hall–Kier alpha value is -2.53. The molecule has 2 aliphatic heterocycles. The highest BCUT2D eigenvalue weighted by Gasteiger charge is 2.32. The molecular weight excluding hydrogens is 330 g/mol. The summed E-state index contributed by atoms with van der Waals surface area (Å²) in [6.45, 7) is 7.04. The van der Waals surface area contributed by atoms with Crippen molar-refractivity contribution >= 4 is 11.9 Å². The maximum absolute atomic E-state index is 12.7. The smallest absolute Gasteiger partial charge is 0.232 e. The summed E-state index contributed by atoms with van der Waals surface area (Å²) >= 11 is 0. The number of furan rings is 1. The van der Waals surface area contributed by atoms with Crippen molar-refractivity contribution in [3.05, 3.63) is 53.2 Å². The molecule has 0 radical (unpaired) electrons. The van der Waals surface area contributed by atoms with Gasteiger partial charge in [-0.3, -0.25) is 9.69 Å². The Morgan fingerprint density at radius 3 is 2.69 bits per heavy atom. The standard InChI is InChI=1S/C21H23NO4/c1-13-8-14(2)11-22(10-13)12-17-18(23)6-5-16-20(24)19(26-21(16)17)9-15-4-3-7-25-15/h3-7,9,13-14,23H,8,10-12H2,1-2H3/t13-,14-/m0/s1. The summed E-state index contributed by atoms with van der Waals surface area (Å²) < 4.78 is 11.1. The van der Waals surface area contributed by atoms with Gasteiger partial charge < -0.3 is 14.3 Å². The molecule has 1 aromatic heterocycles. The van der Waals surface area contributed by atoms with Crippen LogP contribution >= 0.6 is 0 Å². The van der Waals surface area contributed by atoms with Gasteiger partial charge in [-0.15, -0.1) is 0 Å². The molecule has 1 aromatic carbocycles. The third-order valence-electron chi connectivity index (χ3n) is 5.06. The number of likely N-dealkylation sites (tertiary alicyclic amines) is 1. The second-order valence-corrected chi connectivity index (χ2v) is 7.54. The summed E-state index contributed by atoms with van der Waals surface area (Å²) in [5.74, 6) is 2.48. The van der Waals surface area contributed by atoms with Gasteiger partial charge in [0.05, 0.1) is 17.4 Å². The van der Waals surface area contributed by atoms with Crippen LogP contribution in [0.4, 0.5) is 0 Å². The lowest BCUT2D eigenvalue weighted by molar-refractivity contribution is 0.101.